The topological polar surface area (TPSA) is 125 Å². The van der Waals surface area contributed by atoms with E-state index >= 15 is 0 Å². The molecular weight excluding hydrogens is 460 g/mol. The first-order valence-electron chi connectivity index (χ1n) is 10.9. The molecule has 4 heterocycles. The molecule has 0 amide bonds. The second kappa shape index (κ2) is 9.27. The summed E-state index contributed by atoms with van der Waals surface area (Å²) in [5.74, 6) is 1.24. The number of hydrogen-bond donors (Lipinski definition) is 1. The Bertz CT molecular complexity index is 1650. The first kappa shape index (κ1) is 22.7. The second-order valence-corrected chi connectivity index (χ2v) is 7.92. The van der Waals surface area contributed by atoms with E-state index in [4.69, 9.17) is 15.8 Å². The molecule has 11 heteroatoms. The lowest BCUT2D eigenvalue weighted by atomic mass is 9.99. The number of aromatic nitrogens is 6. The molecule has 1 atom stereocenters. The first-order valence-corrected chi connectivity index (χ1v) is 10.9. The quantitative estimate of drug-likeness (QED) is 0.355. The predicted octanol–water partition coefficient (Wildman–Crippen LogP) is 4.27. The lowest BCUT2D eigenvalue weighted by Gasteiger charge is -2.21. The van der Waals surface area contributed by atoms with Crippen molar-refractivity contribution in [3.8, 4) is 23.0 Å². The Morgan fingerprint density at radius 3 is 2.67 bits per heavy atom. The van der Waals surface area contributed by atoms with Crippen LogP contribution in [0.15, 0.2) is 64.5 Å². The van der Waals surface area contributed by atoms with Crippen molar-refractivity contribution in [3.63, 3.8) is 0 Å². The molecule has 4 aromatic heterocycles. The van der Waals surface area contributed by atoms with Crippen LogP contribution in [-0.4, -0.2) is 36.8 Å². The summed E-state index contributed by atoms with van der Waals surface area (Å²) in [6, 6.07) is 8.91. The van der Waals surface area contributed by atoms with Crippen molar-refractivity contribution in [2.24, 2.45) is 0 Å². The largest absolute Gasteiger partial charge is 0.467 e. The van der Waals surface area contributed by atoms with Gasteiger partial charge >= 0.3 is 6.01 Å². The number of nitrogens with one attached hydrogen (secondary N) is 1. The number of fused-ring (bicyclic) bond motifs is 1. The molecule has 0 aliphatic rings. The zero-order valence-electron chi connectivity index (χ0n) is 19.6. The first-order chi connectivity index (χ1) is 17.5. The van der Waals surface area contributed by atoms with Crippen molar-refractivity contribution in [2.45, 2.75) is 19.9 Å². The van der Waals surface area contributed by atoms with Crippen LogP contribution in [0.4, 0.5) is 11.5 Å². The van der Waals surface area contributed by atoms with Crippen LogP contribution < -0.4 is 15.6 Å². The minimum atomic E-state index is -0.429. The summed E-state index contributed by atoms with van der Waals surface area (Å²) >= 11 is 0. The number of rotatable bonds is 6. The van der Waals surface area contributed by atoms with Crippen molar-refractivity contribution in [1.82, 2.24) is 29.7 Å². The lowest BCUT2D eigenvalue weighted by molar-refractivity contribution is 0.380. The summed E-state index contributed by atoms with van der Waals surface area (Å²) in [4.78, 5) is 34.3. The minimum absolute atomic E-state index is 0.236. The molecule has 0 saturated carbocycles. The average Bonchev–Trinajstić information content (AvgIpc) is 3.43. The van der Waals surface area contributed by atoms with Crippen molar-refractivity contribution >= 4 is 22.3 Å². The highest BCUT2D eigenvalue weighted by atomic mass is 16.5. The van der Waals surface area contributed by atoms with Gasteiger partial charge in [-0.2, -0.15) is 0 Å². The summed E-state index contributed by atoms with van der Waals surface area (Å²) in [6.07, 6.45) is 6.10. The average molecular weight is 480 g/mol. The van der Waals surface area contributed by atoms with Gasteiger partial charge in [0, 0.05) is 30.2 Å². The summed E-state index contributed by atoms with van der Waals surface area (Å²) in [5.41, 5.74) is 1.94. The summed E-state index contributed by atoms with van der Waals surface area (Å²) in [5, 5.41) is 8.48. The maximum Gasteiger partial charge on any atom is 0.316 e. The van der Waals surface area contributed by atoms with E-state index in [9.17, 15) is 4.79 Å². The van der Waals surface area contributed by atoms with Crippen molar-refractivity contribution < 1.29 is 9.26 Å². The van der Waals surface area contributed by atoms with E-state index in [1.165, 1.54) is 24.1 Å². The van der Waals surface area contributed by atoms with Crippen molar-refractivity contribution in [1.29, 1.82) is 0 Å². The van der Waals surface area contributed by atoms with Crippen LogP contribution in [0.1, 0.15) is 24.5 Å². The molecule has 5 rings (SSSR count). The Hall–Kier alpha value is -5.11. The smallest absolute Gasteiger partial charge is 0.316 e. The van der Waals surface area contributed by atoms with Crippen molar-refractivity contribution in [3.05, 3.63) is 88.5 Å². The fraction of sp³-hybridized carbons (Fsp3) is 0.160. The molecule has 0 spiro atoms. The molecule has 0 bridgehead atoms. The van der Waals surface area contributed by atoms with Gasteiger partial charge in [-0.05, 0) is 30.9 Å². The van der Waals surface area contributed by atoms with E-state index in [1.807, 2.05) is 31.2 Å². The van der Waals surface area contributed by atoms with Crippen LogP contribution in [0.2, 0.25) is 0 Å². The number of anilines is 1. The highest BCUT2D eigenvalue weighted by Gasteiger charge is 2.21. The predicted molar refractivity (Wildman–Crippen MR) is 132 cm³/mol. The SMILES string of the molecule is [C-]#[N+]c1cnc(C)nc1N[C@@H](C)c1cc2cccc(-c3cnc(OC)nc3)c2c(=O)n1-c1ccon1. The Morgan fingerprint density at radius 2 is 1.97 bits per heavy atom. The van der Waals surface area contributed by atoms with Crippen LogP contribution in [-0.2, 0) is 0 Å². The van der Waals surface area contributed by atoms with Crippen LogP contribution in [0.3, 0.4) is 0 Å². The lowest BCUT2D eigenvalue weighted by Crippen LogP contribution is -2.26. The number of hydrogen-bond acceptors (Lipinski definition) is 9. The molecule has 11 nitrogen and oxygen atoms in total. The number of pyridine rings is 1. The van der Waals surface area contributed by atoms with Gasteiger partial charge in [0.25, 0.3) is 5.56 Å². The molecule has 1 aromatic carbocycles. The number of methoxy groups -OCH3 is 1. The van der Waals surface area contributed by atoms with Gasteiger partial charge in [-0.3, -0.25) is 14.3 Å². The van der Waals surface area contributed by atoms with Gasteiger partial charge in [0.1, 0.15) is 17.9 Å². The normalized spacial score (nSPS) is 11.7. The zero-order valence-corrected chi connectivity index (χ0v) is 19.6. The zero-order chi connectivity index (χ0) is 25.2. The number of nitrogens with zero attached hydrogens (tertiary/aromatic N) is 7. The highest BCUT2D eigenvalue weighted by Crippen LogP contribution is 2.31. The molecule has 0 unspecified atom stereocenters. The molecule has 0 fully saturated rings. The fourth-order valence-corrected chi connectivity index (χ4v) is 3.99. The molecule has 0 radical (unpaired) electrons. The minimum Gasteiger partial charge on any atom is -0.467 e. The molecule has 0 aliphatic heterocycles. The Kier molecular flexibility index (Phi) is 5.83. The van der Waals surface area contributed by atoms with E-state index in [1.54, 1.807) is 25.4 Å². The van der Waals surface area contributed by atoms with Gasteiger partial charge < -0.3 is 14.6 Å². The maximum atomic E-state index is 14.0. The molecule has 36 heavy (non-hydrogen) atoms. The van der Waals surface area contributed by atoms with Crippen LogP contribution in [0.5, 0.6) is 6.01 Å². The second-order valence-electron chi connectivity index (χ2n) is 7.92. The monoisotopic (exact) mass is 480 g/mol. The Morgan fingerprint density at radius 1 is 1.17 bits per heavy atom. The molecular formula is C25H20N8O3. The van der Waals surface area contributed by atoms with Gasteiger partial charge in [0.2, 0.25) is 5.69 Å². The molecule has 0 saturated heterocycles. The van der Waals surface area contributed by atoms with E-state index in [-0.39, 0.29) is 17.3 Å². The number of benzene rings is 1. The van der Waals surface area contributed by atoms with Crippen molar-refractivity contribution in [2.75, 3.05) is 12.4 Å². The summed E-state index contributed by atoms with van der Waals surface area (Å²) in [7, 11) is 1.49. The highest BCUT2D eigenvalue weighted by molar-refractivity contribution is 5.96. The maximum absolute atomic E-state index is 14.0. The van der Waals surface area contributed by atoms with Crippen LogP contribution >= 0.6 is 0 Å². The number of ether oxygens (including phenoxy) is 1. The summed E-state index contributed by atoms with van der Waals surface area (Å²) < 4.78 is 11.6. The third-order valence-electron chi connectivity index (χ3n) is 5.66. The van der Waals surface area contributed by atoms with Gasteiger partial charge in [-0.25, -0.2) is 19.8 Å². The van der Waals surface area contributed by atoms with E-state index < -0.39 is 6.04 Å². The van der Waals surface area contributed by atoms with E-state index in [0.29, 0.717) is 39.7 Å². The van der Waals surface area contributed by atoms with E-state index in [0.717, 1.165) is 5.39 Å². The van der Waals surface area contributed by atoms with Gasteiger partial charge in [-0.15, -0.1) is 0 Å². The van der Waals surface area contributed by atoms with E-state index in [2.05, 4.69) is 35.3 Å². The number of aryl methyl sites for hydroxylation is 1. The standard InChI is InChI=1S/C25H20N8O3/c1-14(30-23-19(26-3)13-27-15(2)31-23)20-10-16-6-5-7-18(17-11-28-25(35-4)29-12-17)22(16)24(34)33(20)21-8-9-36-32-21/h5-14H,1-2,4H3,(H,27,30,31)/t14-/m0/s1. The van der Waals surface area contributed by atoms with Crippen LogP contribution in [0.25, 0.3) is 32.6 Å². The molecule has 5 aromatic rings. The summed E-state index contributed by atoms with van der Waals surface area (Å²) in [6.45, 7) is 11.1. The van der Waals surface area contributed by atoms with Gasteiger partial charge in [-0.1, -0.05) is 23.4 Å². The third kappa shape index (κ3) is 4.01. The Labute approximate surface area is 205 Å². The molecule has 178 valence electrons. The van der Waals surface area contributed by atoms with Crippen LogP contribution in [0, 0.1) is 13.5 Å². The molecule has 1 N–H and O–H groups in total. The fourth-order valence-electron chi connectivity index (χ4n) is 3.99. The molecule has 0 aliphatic carbocycles. The van der Waals surface area contributed by atoms with Gasteiger partial charge in [0.05, 0.1) is 30.8 Å². The third-order valence-corrected chi connectivity index (χ3v) is 5.66. The Balaban J connectivity index is 1.71. The van der Waals surface area contributed by atoms with Gasteiger partial charge in [0.15, 0.2) is 5.82 Å².